The van der Waals surface area contributed by atoms with Crippen molar-refractivity contribution < 1.29 is 13.5 Å². The molecule has 174 valence electrons. The summed E-state index contributed by atoms with van der Waals surface area (Å²) in [6, 6.07) is 12.8. The number of pyridine rings is 1. The van der Waals surface area contributed by atoms with Gasteiger partial charge in [-0.05, 0) is 30.8 Å². The molecule has 0 saturated carbocycles. The van der Waals surface area contributed by atoms with E-state index < -0.39 is 6.61 Å². The van der Waals surface area contributed by atoms with E-state index in [4.69, 9.17) is 0 Å². The number of rotatable bonds is 8. The van der Waals surface area contributed by atoms with E-state index in [2.05, 4.69) is 41.9 Å². The van der Waals surface area contributed by atoms with E-state index in [-0.39, 0.29) is 11.7 Å². The summed E-state index contributed by atoms with van der Waals surface area (Å²) in [6.45, 7) is 3.59. The summed E-state index contributed by atoms with van der Waals surface area (Å²) in [5.74, 6) is 1.75. The molecular weight excluding hydrogens is 426 g/mol. The zero-order valence-corrected chi connectivity index (χ0v) is 18.8. The highest BCUT2D eigenvalue weighted by Gasteiger charge is 2.16. The van der Waals surface area contributed by atoms with Gasteiger partial charge in [0.15, 0.2) is 0 Å². The first kappa shape index (κ1) is 22.8. The Labute approximate surface area is 192 Å². The smallest absolute Gasteiger partial charge is 0.387 e. The van der Waals surface area contributed by atoms with Crippen LogP contribution in [0.4, 0.5) is 20.4 Å². The van der Waals surface area contributed by atoms with Gasteiger partial charge in [0, 0.05) is 56.5 Å². The van der Waals surface area contributed by atoms with Gasteiger partial charge in [0.2, 0.25) is 0 Å². The summed E-state index contributed by atoms with van der Waals surface area (Å²) in [5.41, 5.74) is 2.38. The molecule has 0 bridgehead atoms. The number of aromatic nitrogens is 3. The lowest BCUT2D eigenvalue weighted by Crippen LogP contribution is -2.44. The fourth-order valence-electron chi connectivity index (χ4n) is 3.83. The third-order valence-electron chi connectivity index (χ3n) is 5.79. The molecule has 3 heterocycles. The molecule has 7 nitrogen and oxygen atoms in total. The molecule has 0 spiro atoms. The van der Waals surface area contributed by atoms with Crippen LogP contribution in [-0.4, -0.2) is 66.2 Å². The molecule has 0 radical (unpaired) electrons. The van der Waals surface area contributed by atoms with Crippen LogP contribution in [0.1, 0.15) is 18.4 Å². The van der Waals surface area contributed by atoms with Crippen molar-refractivity contribution in [2.75, 3.05) is 50.0 Å². The topological polar surface area (TPSA) is 66.4 Å². The molecule has 0 aliphatic carbocycles. The summed E-state index contributed by atoms with van der Waals surface area (Å²) in [6.07, 6.45) is 3.34. The van der Waals surface area contributed by atoms with E-state index in [0.29, 0.717) is 17.9 Å². The number of hydrogen-bond donors (Lipinski definition) is 1. The molecule has 1 aliphatic rings. The summed E-state index contributed by atoms with van der Waals surface area (Å²) >= 11 is 0. The second kappa shape index (κ2) is 10.5. The Balaban J connectivity index is 1.40. The van der Waals surface area contributed by atoms with Crippen LogP contribution >= 0.6 is 0 Å². The fraction of sp³-hybridized carbons (Fsp3) is 0.375. The first-order chi connectivity index (χ1) is 16.0. The molecule has 2 aromatic heterocycles. The minimum absolute atomic E-state index is 0.0668. The number of piperazine rings is 1. The van der Waals surface area contributed by atoms with Gasteiger partial charge in [-0.1, -0.05) is 25.1 Å². The molecule has 1 unspecified atom stereocenters. The summed E-state index contributed by atoms with van der Waals surface area (Å²) in [5, 5.41) is 3.27. The van der Waals surface area contributed by atoms with Crippen LogP contribution in [0.5, 0.6) is 5.75 Å². The lowest BCUT2D eigenvalue weighted by Gasteiger charge is -2.33. The van der Waals surface area contributed by atoms with Crippen molar-refractivity contribution in [3.63, 3.8) is 0 Å². The molecule has 1 atom stereocenters. The van der Waals surface area contributed by atoms with Gasteiger partial charge in [0.25, 0.3) is 0 Å². The highest BCUT2D eigenvalue weighted by Crippen LogP contribution is 2.28. The van der Waals surface area contributed by atoms with Gasteiger partial charge in [0.05, 0.1) is 5.69 Å². The highest BCUT2D eigenvalue weighted by molar-refractivity contribution is 5.62. The predicted molar refractivity (Wildman–Crippen MR) is 125 cm³/mol. The van der Waals surface area contributed by atoms with Gasteiger partial charge in [-0.2, -0.15) is 8.78 Å². The van der Waals surface area contributed by atoms with Crippen molar-refractivity contribution in [1.82, 2.24) is 19.9 Å². The van der Waals surface area contributed by atoms with Gasteiger partial charge in [0.1, 0.15) is 23.7 Å². The van der Waals surface area contributed by atoms with E-state index in [1.54, 1.807) is 18.2 Å². The monoisotopic (exact) mass is 454 g/mol. The number of likely N-dealkylation sites (N-methyl/N-ethyl adjacent to an activating group) is 1. The molecule has 4 rings (SSSR count). The number of nitrogens with zero attached hydrogens (tertiary/aromatic N) is 5. The van der Waals surface area contributed by atoms with Gasteiger partial charge in [-0.25, -0.2) is 15.0 Å². The molecule has 3 aromatic rings. The quantitative estimate of drug-likeness (QED) is 0.550. The molecule has 1 fully saturated rings. The van der Waals surface area contributed by atoms with Gasteiger partial charge in [-0.15, -0.1) is 0 Å². The summed E-state index contributed by atoms with van der Waals surface area (Å²) < 4.78 is 30.1. The Morgan fingerprint density at radius 3 is 2.55 bits per heavy atom. The zero-order chi connectivity index (χ0) is 23.2. The Morgan fingerprint density at radius 2 is 1.82 bits per heavy atom. The Morgan fingerprint density at radius 1 is 1.03 bits per heavy atom. The van der Waals surface area contributed by atoms with Crippen LogP contribution < -0.4 is 15.0 Å². The van der Waals surface area contributed by atoms with Crippen LogP contribution in [-0.2, 0) is 0 Å². The molecule has 1 saturated heterocycles. The first-order valence-electron chi connectivity index (χ1n) is 11.0. The van der Waals surface area contributed by atoms with Crippen LogP contribution in [0.25, 0.3) is 11.3 Å². The maximum Gasteiger partial charge on any atom is 0.387 e. The molecule has 1 aromatic carbocycles. The summed E-state index contributed by atoms with van der Waals surface area (Å²) in [7, 11) is 2.13. The normalized spacial score (nSPS) is 15.5. The van der Waals surface area contributed by atoms with Crippen molar-refractivity contribution in [3.05, 3.63) is 60.6 Å². The number of nitrogens with one attached hydrogen (secondary N) is 1. The number of ether oxygens (including phenoxy) is 1. The van der Waals surface area contributed by atoms with Crippen LogP contribution in [0.2, 0.25) is 0 Å². The molecular formula is C24H28F2N6O. The maximum absolute atomic E-state index is 12.7. The van der Waals surface area contributed by atoms with Crippen molar-refractivity contribution in [2.45, 2.75) is 19.5 Å². The van der Waals surface area contributed by atoms with E-state index in [1.165, 1.54) is 6.33 Å². The molecule has 9 heteroatoms. The minimum atomic E-state index is -2.85. The van der Waals surface area contributed by atoms with E-state index in [9.17, 15) is 8.78 Å². The van der Waals surface area contributed by atoms with Gasteiger partial charge >= 0.3 is 6.61 Å². The van der Waals surface area contributed by atoms with Gasteiger partial charge in [-0.3, -0.25) is 0 Å². The maximum atomic E-state index is 12.7. The lowest BCUT2D eigenvalue weighted by molar-refractivity contribution is -0.0505. The van der Waals surface area contributed by atoms with Crippen LogP contribution in [0.3, 0.4) is 0 Å². The number of alkyl halides is 2. The van der Waals surface area contributed by atoms with Gasteiger partial charge < -0.3 is 19.9 Å². The fourth-order valence-corrected chi connectivity index (χ4v) is 3.83. The van der Waals surface area contributed by atoms with E-state index in [0.717, 1.165) is 43.3 Å². The minimum Gasteiger partial charge on any atom is -0.435 e. The van der Waals surface area contributed by atoms with Crippen LogP contribution in [0, 0.1) is 0 Å². The number of benzene rings is 1. The third-order valence-corrected chi connectivity index (χ3v) is 5.79. The highest BCUT2D eigenvalue weighted by atomic mass is 19.3. The Kier molecular flexibility index (Phi) is 7.29. The van der Waals surface area contributed by atoms with Crippen molar-refractivity contribution >= 4 is 11.6 Å². The Hall–Kier alpha value is -3.33. The predicted octanol–water partition coefficient (Wildman–Crippen LogP) is 4.11. The second-order valence-corrected chi connectivity index (χ2v) is 8.18. The van der Waals surface area contributed by atoms with E-state index >= 15 is 0 Å². The van der Waals surface area contributed by atoms with Crippen molar-refractivity contribution in [2.24, 2.45) is 0 Å². The zero-order valence-electron chi connectivity index (χ0n) is 18.8. The number of hydrogen-bond acceptors (Lipinski definition) is 7. The standard InChI is InChI=1S/C24H28F2N6O/c1-17(19-5-3-4-6-21(19)33-24(25)26)14-27-22-13-20(29-16-30-22)18-7-8-23(28-15-18)32-11-9-31(2)10-12-32/h3-8,13,15-17,24H,9-12,14H2,1-2H3,(H,27,29,30). The third kappa shape index (κ3) is 5.92. The average Bonchev–Trinajstić information content (AvgIpc) is 2.83. The Bertz CT molecular complexity index is 1040. The molecule has 33 heavy (non-hydrogen) atoms. The number of anilines is 2. The lowest BCUT2D eigenvalue weighted by atomic mass is 10.00. The number of para-hydroxylation sites is 1. The first-order valence-corrected chi connectivity index (χ1v) is 11.0. The SMILES string of the molecule is CC(CNc1cc(-c2ccc(N3CCN(C)CC3)nc2)ncn1)c1ccccc1OC(F)F. The largest absolute Gasteiger partial charge is 0.435 e. The van der Waals surface area contributed by atoms with Crippen molar-refractivity contribution in [3.8, 4) is 17.0 Å². The summed E-state index contributed by atoms with van der Waals surface area (Å²) in [4.78, 5) is 17.9. The molecule has 1 aliphatic heterocycles. The number of halogens is 2. The van der Waals surface area contributed by atoms with Crippen molar-refractivity contribution in [1.29, 1.82) is 0 Å². The average molecular weight is 455 g/mol. The molecule has 1 N–H and O–H groups in total. The second-order valence-electron chi connectivity index (χ2n) is 8.18. The van der Waals surface area contributed by atoms with Crippen LogP contribution in [0.15, 0.2) is 55.0 Å². The van der Waals surface area contributed by atoms with E-state index in [1.807, 2.05) is 37.4 Å². The molecule has 0 amide bonds.